The summed E-state index contributed by atoms with van der Waals surface area (Å²) in [5.41, 5.74) is 1.70. The Bertz CT molecular complexity index is 823. The van der Waals surface area contributed by atoms with Crippen LogP contribution in [0.5, 0.6) is 0 Å². The number of anilines is 1. The molecule has 0 atom stereocenters. The molecule has 0 bridgehead atoms. The minimum Gasteiger partial charge on any atom is -0.465 e. The Hall–Kier alpha value is -2.51. The summed E-state index contributed by atoms with van der Waals surface area (Å²) in [6.45, 7) is 0. The van der Waals surface area contributed by atoms with Gasteiger partial charge in [-0.15, -0.1) is 22.7 Å². The van der Waals surface area contributed by atoms with Crippen LogP contribution in [0.25, 0.3) is 10.6 Å². The normalized spacial score (nSPS) is 10.3. The van der Waals surface area contributed by atoms with Crippen LogP contribution in [-0.4, -0.2) is 24.0 Å². The minimum atomic E-state index is -0.433. The molecule has 0 aliphatic carbocycles. The lowest BCUT2D eigenvalue weighted by atomic mass is 10.1. The summed E-state index contributed by atoms with van der Waals surface area (Å²) < 4.78 is 4.62. The van der Waals surface area contributed by atoms with Gasteiger partial charge in [-0.25, -0.2) is 9.78 Å². The average molecular weight is 344 g/mol. The molecule has 116 valence electrons. The van der Waals surface area contributed by atoms with Crippen molar-refractivity contribution >= 4 is 39.7 Å². The van der Waals surface area contributed by atoms with Crippen LogP contribution in [0.1, 0.15) is 20.7 Å². The van der Waals surface area contributed by atoms with E-state index in [0.717, 1.165) is 10.6 Å². The molecule has 1 N–H and O–H groups in total. The van der Waals surface area contributed by atoms with Gasteiger partial charge < -0.3 is 4.74 Å². The van der Waals surface area contributed by atoms with Crippen LogP contribution in [0.2, 0.25) is 0 Å². The summed E-state index contributed by atoms with van der Waals surface area (Å²) in [5.74, 6) is -0.703. The smallest absolute Gasteiger partial charge is 0.337 e. The standard InChI is InChI=1S/C16H12N2O3S2/c1-21-15(20)11-6-4-10(5-7-11)14(19)18-16-17-12(9-23-16)13-3-2-8-22-13/h2-9H,1H3,(H,17,18,19). The number of carbonyl (C=O) groups is 2. The largest absolute Gasteiger partial charge is 0.465 e. The molecule has 0 aliphatic heterocycles. The molecular formula is C16H12N2O3S2. The number of hydrogen-bond acceptors (Lipinski definition) is 6. The van der Waals surface area contributed by atoms with Gasteiger partial charge in [-0.05, 0) is 35.7 Å². The number of amides is 1. The fraction of sp³-hybridized carbons (Fsp3) is 0.0625. The number of nitrogens with zero attached hydrogens (tertiary/aromatic N) is 1. The van der Waals surface area contributed by atoms with Crippen molar-refractivity contribution < 1.29 is 14.3 Å². The highest BCUT2D eigenvalue weighted by atomic mass is 32.1. The number of rotatable bonds is 4. The van der Waals surface area contributed by atoms with E-state index in [0.29, 0.717) is 16.3 Å². The highest BCUT2D eigenvalue weighted by Crippen LogP contribution is 2.28. The van der Waals surface area contributed by atoms with Crippen molar-refractivity contribution in [3.63, 3.8) is 0 Å². The van der Waals surface area contributed by atoms with E-state index in [2.05, 4.69) is 15.0 Å². The SMILES string of the molecule is COC(=O)c1ccc(C(=O)Nc2nc(-c3cccs3)cs2)cc1. The van der Waals surface area contributed by atoms with Crippen LogP contribution in [0, 0.1) is 0 Å². The number of esters is 1. The lowest BCUT2D eigenvalue weighted by Crippen LogP contribution is -2.12. The van der Waals surface area contributed by atoms with Gasteiger partial charge in [0, 0.05) is 10.9 Å². The quantitative estimate of drug-likeness (QED) is 0.729. The highest BCUT2D eigenvalue weighted by Gasteiger charge is 2.12. The van der Waals surface area contributed by atoms with Crippen molar-refractivity contribution in [2.24, 2.45) is 0 Å². The van der Waals surface area contributed by atoms with Crippen molar-refractivity contribution in [1.29, 1.82) is 0 Å². The zero-order chi connectivity index (χ0) is 16.2. The summed E-state index contributed by atoms with van der Waals surface area (Å²) in [6.07, 6.45) is 0. The van der Waals surface area contributed by atoms with Crippen LogP contribution in [0.4, 0.5) is 5.13 Å². The van der Waals surface area contributed by atoms with Crippen molar-refractivity contribution in [3.8, 4) is 10.6 Å². The Morgan fingerprint density at radius 1 is 1.09 bits per heavy atom. The number of aromatic nitrogens is 1. The second-order valence-electron chi connectivity index (χ2n) is 4.54. The Balaban J connectivity index is 1.71. The molecule has 1 aromatic carbocycles. The third-order valence-corrected chi connectivity index (χ3v) is 4.72. The molecule has 0 radical (unpaired) electrons. The molecule has 0 fully saturated rings. The lowest BCUT2D eigenvalue weighted by Gasteiger charge is -2.03. The van der Waals surface area contributed by atoms with Gasteiger partial charge in [-0.1, -0.05) is 6.07 Å². The first-order chi connectivity index (χ1) is 11.2. The van der Waals surface area contributed by atoms with E-state index >= 15 is 0 Å². The molecule has 0 saturated heterocycles. The summed E-state index contributed by atoms with van der Waals surface area (Å²) in [4.78, 5) is 29.0. The number of methoxy groups -OCH3 is 1. The maximum absolute atomic E-state index is 12.2. The molecule has 23 heavy (non-hydrogen) atoms. The van der Waals surface area contributed by atoms with E-state index < -0.39 is 5.97 Å². The molecule has 3 aromatic rings. The molecule has 2 heterocycles. The first kappa shape index (κ1) is 15.4. The molecule has 5 nitrogen and oxygen atoms in total. The summed E-state index contributed by atoms with van der Waals surface area (Å²) in [6, 6.07) is 10.2. The fourth-order valence-corrected chi connectivity index (χ4v) is 3.38. The number of carbonyl (C=O) groups excluding carboxylic acids is 2. The van der Waals surface area contributed by atoms with Crippen LogP contribution in [-0.2, 0) is 4.74 Å². The number of hydrogen-bond donors (Lipinski definition) is 1. The van der Waals surface area contributed by atoms with E-state index in [1.807, 2.05) is 22.9 Å². The third kappa shape index (κ3) is 3.46. The molecule has 0 unspecified atom stereocenters. The third-order valence-electron chi connectivity index (χ3n) is 3.07. The Morgan fingerprint density at radius 3 is 2.48 bits per heavy atom. The monoisotopic (exact) mass is 344 g/mol. The van der Waals surface area contributed by atoms with Crippen LogP contribution >= 0.6 is 22.7 Å². The zero-order valence-electron chi connectivity index (χ0n) is 12.1. The number of benzene rings is 1. The maximum Gasteiger partial charge on any atom is 0.337 e. The summed E-state index contributed by atoms with van der Waals surface area (Å²) in [7, 11) is 1.32. The number of thiophene rings is 1. The van der Waals surface area contributed by atoms with Gasteiger partial charge in [0.1, 0.15) is 0 Å². The van der Waals surface area contributed by atoms with Crippen molar-refractivity contribution in [3.05, 3.63) is 58.3 Å². The van der Waals surface area contributed by atoms with E-state index in [-0.39, 0.29) is 5.91 Å². The molecule has 1 amide bonds. The van der Waals surface area contributed by atoms with Crippen molar-refractivity contribution in [2.75, 3.05) is 12.4 Å². The van der Waals surface area contributed by atoms with Gasteiger partial charge in [-0.3, -0.25) is 10.1 Å². The second kappa shape index (κ2) is 6.72. The first-order valence-electron chi connectivity index (χ1n) is 6.66. The fourth-order valence-electron chi connectivity index (χ4n) is 1.91. The summed E-state index contributed by atoms with van der Waals surface area (Å²) in [5, 5.41) is 7.18. The molecule has 0 spiro atoms. The van der Waals surface area contributed by atoms with E-state index in [1.54, 1.807) is 35.6 Å². The van der Waals surface area contributed by atoms with Crippen LogP contribution in [0.15, 0.2) is 47.2 Å². The van der Waals surface area contributed by atoms with E-state index in [9.17, 15) is 9.59 Å². The first-order valence-corrected chi connectivity index (χ1v) is 8.42. The molecule has 7 heteroatoms. The Labute approximate surface area is 140 Å². The average Bonchev–Trinajstić information content (AvgIpc) is 3.25. The number of thiazole rings is 1. The van der Waals surface area contributed by atoms with E-state index in [1.165, 1.54) is 18.4 Å². The highest BCUT2D eigenvalue weighted by molar-refractivity contribution is 7.16. The van der Waals surface area contributed by atoms with Crippen LogP contribution < -0.4 is 5.32 Å². The molecule has 2 aromatic heterocycles. The number of ether oxygens (including phenoxy) is 1. The van der Waals surface area contributed by atoms with E-state index in [4.69, 9.17) is 0 Å². The second-order valence-corrected chi connectivity index (χ2v) is 6.34. The van der Waals surface area contributed by atoms with Gasteiger partial charge in [0.2, 0.25) is 0 Å². The van der Waals surface area contributed by atoms with Gasteiger partial charge in [0.15, 0.2) is 5.13 Å². The predicted octanol–water partition coefficient (Wildman–Crippen LogP) is 3.91. The van der Waals surface area contributed by atoms with Gasteiger partial charge in [-0.2, -0.15) is 0 Å². The molecule has 3 rings (SSSR count). The predicted molar refractivity (Wildman–Crippen MR) is 91.2 cm³/mol. The zero-order valence-corrected chi connectivity index (χ0v) is 13.7. The van der Waals surface area contributed by atoms with Crippen LogP contribution in [0.3, 0.4) is 0 Å². The Morgan fingerprint density at radius 2 is 1.83 bits per heavy atom. The minimum absolute atomic E-state index is 0.270. The van der Waals surface area contributed by atoms with Gasteiger partial charge in [0.05, 0.1) is 23.2 Å². The molecule has 0 saturated carbocycles. The molecule has 0 aliphatic rings. The van der Waals surface area contributed by atoms with Gasteiger partial charge >= 0.3 is 5.97 Å². The molecular weight excluding hydrogens is 332 g/mol. The lowest BCUT2D eigenvalue weighted by molar-refractivity contribution is 0.0600. The van der Waals surface area contributed by atoms with Crippen molar-refractivity contribution in [1.82, 2.24) is 4.98 Å². The Kier molecular flexibility index (Phi) is 4.50. The topological polar surface area (TPSA) is 68.3 Å². The maximum atomic E-state index is 12.2. The number of nitrogens with one attached hydrogen (secondary N) is 1. The van der Waals surface area contributed by atoms with Crippen molar-refractivity contribution in [2.45, 2.75) is 0 Å². The summed E-state index contributed by atoms with van der Waals surface area (Å²) >= 11 is 2.97. The van der Waals surface area contributed by atoms with Gasteiger partial charge in [0.25, 0.3) is 5.91 Å².